The summed E-state index contributed by atoms with van der Waals surface area (Å²) in [7, 11) is 11.2. The molecule has 0 N–H and O–H groups in total. The van der Waals surface area contributed by atoms with E-state index in [0.717, 1.165) is 0 Å². The lowest BCUT2D eigenvalue weighted by Crippen LogP contribution is -2.17. The molecule has 0 amide bonds. The minimum atomic E-state index is -0.729. The van der Waals surface area contributed by atoms with E-state index in [9.17, 15) is 9.59 Å². The van der Waals surface area contributed by atoms with Gasteiger partial charge in [-0.25, -0.2) is 0 Å². The first-order valence-corrected chi connectivity index (χ1v) is 18.6. The third-order valence-electron chi connectivity index (χ3n) is 9.84. The van der Waals surface area contributed by atoms with Crippen LogP contribution in [-0.2, 0) is 0 Å². The zero-order valence-corrected chi connectivity index (χ0v) is 36.8. The van der Waals surface area contributed by atoms with Gasteiger partial charge in [-0.05, 0) is 60.7 Å². The summed E-state index contributed by atoms with van der Waals surface area (Å²) in [6, 6.07) is 28.1. The molecule has 0 saturated carbocycles. The average Bonchev–Trinajstić information content (AvgIpc) is 3.31. The Bertz CT molecular complexity index is 2380. The maximum atomic E-state index is 15.2. The monoisotopic (exact) mass is 860 g/mol. The Morgan fingerprint density at radius 3 is 0.694 bits per heavy atom. The van der Waals surface area contributed by atoms with Gasteiger partial charge in [0.2, 0.25) is 23.1 Å². The van der Waals surface area contributed by atoms with Gasteiger partial charge in [-0.15, -0.1) is 0 Å². The zero-order chi connectivity index (χ0) is 43.8. The van der Waals surface area contributed by atoms with Gasteiger partial charge in [0.05, 0.1) is 68.0 Å². The number of methoxy groups -OCH3 is 8. The summed E-state index contributed by atoms with van der Waals surface area (Å²) < 4.78 is 51.4. The van der Waals surface area contributed by atoms with Gasteiger partial charge >= 0.3 is 0 Å². The van der Waals surface area contributed by atoms with E-state index >= 15 is 9.59 Å². The first-order valence-electron chi connectivity index (χ1n) is 18.6. The second kappa shape index (κ2) is 20.3. The van der Waals surface area contributed by atoms with Crippen LogP contribution in [0.2, 0.25) is 0 Å². The van der Waals surface area contributed by atoms with Crippen molar-refractivity contribution in [3.63, 3.8) is 0 Å². The van der Waals surface area contributed by atoms with E-state index in [1.807, 2.05) is 0 Å². The Balaban J connectivity index is 0.00000726. The third-order valence-corrected chi connectivity index (χ3v) is 9.84. The molecule has 6 rings (SSSR count). The molecule has 0 fully saturated rings. The number of ketones is 4. The van der Waals surface area contributed by atoms with Crippen LogP contribution in [-0.4, -0.2) is 80.0 Å². The molecule has 320 valence electrons. The van der Waals surface area contributed by atoms with Crippen molar-refractivity contribution < 1.29 is 61.8 Å². The fraction of sp³-hybridized carbons (Fsp3) is 0.167. The molecule has 1 atom stereocenters. The summed E-state index contributed by atoms with van der Waals surface area (Å²) in [6.45, 7) is 0. The van der Waals surface area contributed by atoms with E-state index in [0.29, 0.717) is 0 Å². The molecular weight excluding hydrogens is 815 g/mol. The number of ether oxygens (including phenoxy) is 9. The van der Waals surface area contributed by atoms with E-state index < -0.39 is 23.1 Å². The molecule has 6 aromatic rings. The molecule has 0 heterocycles. The summed E-state index contributed by atoms with van der Waals surface area (Å²) >= 11 is 0. The summed E-state index contributed by atoms with van der Waals surface area (Å²) in [5, 5.41) is 0. The molecule has 0 aromatic heterocycles. The third kappa shape index (κ3) is 8.48. The molecule has 13 nitrogen and oxygen atoms in total. The van der Waals surface area contributed by atoms with Crippen molar-refractivity contribution in [1.29, 1.82) is 0 Å². The van der Waals surface area contributed by atoms with Crippen molar-refractivity contribution in [2.24, 2.45) is 0 Å². The predicted octanol–water partition coefficient (Wildman–Crippen LogP) is 8.53. The van der Waals surface area contributed by atoms with Crippen LogP contribution in [0.5, 0.6) is 57.5 Å². The van der Waals surface area contributed by atoms with Crippen LogP contribution in [0.15, 0.2) is 109 Å². The van der Waals surface area contributed by atoms with Crippen LogP contribution in [0, 0.1) is 0 Å². The molecule has 0 aliphatic heterocycles. The number of carbonyl (C=O) groups excluding carboxylic acids is 4. The van der Waals surface area contributed by atoms with E-state index in [1.54, 1.807) is 72.8 Å². The molecule has 6 aromatic carbocycles. The van der Waals surface area contributed by atoms with Crippen molar-refractivity contribution in [1.82, 2.24) is 0 Å². The molecule has 14 heteroatoms. The first-order chi connectivity index (χ1) is 29.6. The van der Waals surface area contributed by atoms with Crippen molar-refractivity contribution in [3.8, 4) is 57.5 Å². The molecule has 0 aliphatic carbocycles. The predicted molar refractivity (Wildman–Crippen MR) is 236 cm³/mol. The SMILES string of the molecule is COc1cccc(OC)c1C(=O)c1cccc(Oc2cccc(C(=O)c3c(OC)cccc3OC)c2C(=O)c2c(OC)cccc2OC)c1C(=O)c1c(OC)cccc1OC.P. The van der Waals surface area contributed by atoms with Gasteiger partial charge in [0, 0.05) is 11.1 Å². The Morgan fingerprint density at radius 2 is 0.468 bits per heavy atom. The van der Waals surface area contributed by atoms with Gasteiger partial charge in [0.1, 0.15) is 79.7 Å². The van der Waals surface area contributed by atoms with E-state index in [4.69, 9.17) is 42.6 Å². The molecular formula is C48H45O13P. The van der Waals surface area contributed by atoms with Gasteiger partial charge < -0.3 is 42.6 Å². The lowest BCUT2D eigenvalue weighted by atomic mass is 9.90. The van der Waals surface area contributed by atoms with Gasteiger partial charge in [-0.2, -0.15) is 9.90 Å². The molecule has 0 spiro atoms. The van der Waals surface area contributed by atoms with Crippen molar-refractivity contribution in [2.75, 3.05) is 56.9 Å². The van der Waals surface area contributed by atoms with Crippen LogP contribution in [0.1, 0.15) is 63.7 Å². The minimum Gasteiger partial charge on any atom is -0.496 e. The molecule has 0 saturated heterocycles. The fourth-order valence-electron chi connectivity index (χ4n) is 7.02. The quantitative estimate of drug-likeness (QED) is 0.0600. The van der Waals surface area contributed by atoms with Crippen LogP contribution >= 0.6 is 9.90 Å². The smallest absolute Gasteiger partial charge is 0.205 e. The van der Waals surface area contributed by atoms with Crippen LogP contribution < -0.4 is 42.6 Å². The lowest BCUT2D eigenvalue weighted by molar-refractivity contribution is 0.0992. The summed E-state index contributed by atoms with van der Waals surface area (Å²) in [4.78, 5) is 59.9. The van der Waals surface area contributed by atoms with Gasteiger partial charge in [0.25, 0.3) is 0 Å². The largest absolute Gasteiger partial charge is 0.496 e. The standard InChI is InChI=1S/C48H42O13.H3P/c1-53-29-17-11-18-30(54-2)41(29)45(49)27-15-9-25-37(39(27)47(51)43-33(57-5)21-13-22-34(43)58-6)61-38-26-10-16-28(46(50)42-31(55-3)19-12-20-32(42)56-4)40(38)48(52)44-35(59-7)23-14-24-36(44)60-8;/h9-26H,1-8H3;1H3. The number of hydrogen-bond donors (Lipinski definition) is 0. The molecule has 0 bridgehead atoms. The topological polar surface area (TPSA) is 151 Å². The Hall–Kier alpha value is -7.37. The number of benzene rings is 6. The number of hydrogen-bond acceptors (Lipinski definition) is 13. The maximum absolute atomic E-state index is 15.2. The Labute approximate surface area is 362 Å². The molecule has 0 aliphatic rings. The first kappa shape index (κ1) is 45.7. The van der Waals surface area contributed by atoms with E-state index in [-0.39, 0.29) is 112 Å². The van der Waals surface area contributed by atoms with Gasteiger partial charge in [-0.3, -0.25) is 19.2 Å². The molecule has 62 heavy (non-hydrogen) atoms. The average molecular weight is 861 g/mol. The normalized spacial score (nSPS) is 10.4. The minimum absolute atomic E-state index is 0. The van der Waals surface area contributed by atoms with Gasteiger partial charge in [-0.1, -0.05) is 48.5 Å². The Morgan fingerprint density at radius 1 is 0.274 bits per heavy atom. The maximum Gasteiger partial charge on any atom is 0.205 e. The lowest BCUT2D eigenvalue weighted by Gasteiger charge is -2.21. The molecule has 1 unspecified atom stereocenters. The Kier molecular flexibility index (Phi) is 14.9. The van der Waals surface area contributed by atoms with E-state index in [2.05, 4.69) is 0 Å². The molecule has 0 radical (unpaired) electrons. The highest BCUT2D eigenvalue weighted by Gasteiger charge is 2.34. The highest BCUT2D eigenvalue weighted by Crippen LogP contribution is 2.42. The van der Waals surface area contributed by atoms with E-state index in [1.165, 1.54) is 93.3 Å². The highest BCUT2D eigenvalue weighted by molar-refractivity contribution is 6.92. The fourth-order valence-corrected chi connectivity index (χ4v) is 7.02. The number of rotatable bonds is 18. The number of carbonyl (C=O) groups is 4. The van der Waals surface area contributed by atoms with Crippen molar-refractivity contribution >= 4 is 33.0 Å². The summed E-state index contributed by atoms with van der Waals surface area (Å²) in [5.74, 6) is -1.80. The van der Waals surface area contributed by atoms with Crippen molar-refractivity contribution in [3.05, 3.63) is 154 Å². The van der Waals surface area contributed by atoms with Crippen LogP contribution in [0.25, 0.3) is 0 Å². The highest BCUT2D eigenvalue weighted by atomic mass is 31.0. The second-order valence-corrected chi connectivity index (χ2v) is 12.9. The van der Waals surface area contributed by atoms with Gasteiger partial charge in [0.15, 0.2) is 0 Å². The zero-order valence-electron chi connectivity index (χ0n) is 35.4. The van der Waals surface area contributed by atoms with Crippen LogP contribution in [0.3, 0.4) is 0 Å². The summed E-state index contributed by atoms with van der Waals surface area (Å²) in [6.07, 6.45) is 0. The second-order valence-electron chi connectivity index (χ2n) is 12.9. The summed E-state index contributed by atoms with van der Waals surface area (Å²) in [5.41, 5.74) is -0.698. The van der Waals surface area contributed by atoms with Crippen LogP contribution in [0.4, 0.5) is 0 Å². The van der Waals surface area contributed by atoms with Crippen molar-refractivity contribution in [2.45, 2.75) is 0 Å².